The van der Waals surface area contributed by atoms with Crippen LogP contribution in [0.1, 0.15) is 22.6 Å². The Morgan fingerprint density at radius 2 is 2.27 bits per heavy atom. The Kier molecular flexibility index (Phi) is 2.56. The van der Waals surface area contributed by atoms with E-state index in [2.05, 4.69) is 0 Å². The number of aryl methyl sites for hydroxylation is 1. The molecule has 1 atom stereocenters. The summed E-state index contributed by atoms with van der Waals surface area (Å²) in [5, 5.41) is 9.10. The maximum atomic E-state index is 11.1. The Hall–Kier alpha value is -0.870. The average molecular weight is 226 g/mol. The highest BCUT2D eigenvalue weighted by molar-refractivity contribution is 7.12. The predicted molar refractivity (Wildman–Crippen MR) is 58.4 cm³/mol. The molecule has 2 rings (SSSR count). The van der Waals surface area contributed by atoms with Gasteiger partial charge in [-0.1, -0.05) is 0 Å². The molecule has 0 spiro atoms. The van der Waals surface area contributed by atoms with Gasteiger partial charge in [-0.2, -0.15) is 0 Å². The van der Waals surface area contributed by atoms with Crippen LogP contribution >= 0.6 is 11.3 Å². The Balaban J connectivity index is 2.30. The molecule has 1 aromatic heterocycles. The minimum Gasteiger partial charge on any atom is -0.479 e. The first-order valence-corrected chi connectivity index (χ1v) is 5.74. The maximum absolute atomic E-state index is 11.1. The van der Waals surface area contributed by atoms with Crippen molar-refractivity contribution in [3.63, 3.8) is 0 Å². The van der Waals surface area contributed by atoms with E-state index in [0.717, 1.165) is 17.7 Å². The second-order valence-corrected chi connectivity index (χ2v) is 5.31. The van der Waals surface area contributed by atoms with E-state index in [-0.39, 0.29) is 5.41 Å². The fourth-order valence-corrected chi connectivity index (χ4v) is 3.17. The highest BCUT2D eigenvalue weighted by Gasteiger charge is 2.55. The first-order valence-electron chi connectivity index (χ1n) is 4.93. The molecule has 4 heteroatoms. The highest BCUT2D eigenvalue weighted by atomic mass is 32.1. The molecular formula is C11H14O3S. The third-order valence-electron chi connectivity index (χ3n) is 2.98. The van der Waals surface area contributed by atoms with Gasteiger partial charge in [0.2, 0.25) is 0 Å². The molecule has 82 valence electrons. The summed E-state index contributed by atoms with van der Waals surface area (Å²) >= 11 is 1.67. The summed E-state index contributed by atoms with van der Waals surface area (Å²) in [6, 6.07) is 4.07. The number of ether oxygens (including phenoxy) is 1. The number of carbonyl (C=O) groups is 1. The molecule has 0 amide bonds. The van der Waals surface area contributed by atoms with E-state index in [1.165, 1.54) is 12.0 Å². The standard InChI is InChI=1S/C11H14O3S/c1-7-3-4-8(15-7)11(5-6-11)9(14-2)10(12)13/h3-4,9H,5-6H2,1-2H3,(H,12,13). The van der Waals surface area contributed by atoms with Crippen LogP contribution in [0, 0.1) is 6.92 Å². The molecule has 1 N–H and O–H groups in total. The molecule has 0 saturated heterocycles. The summed E-state index contributed by atoms with van der Waals surface area (Å²) < 4.78 is 5.11. The number of aliphatic carboxylic acids is 1. The Labute approximate surface area is 92.7 Å². The fraction of sp³-hybridized carbons (Fsp3) is 0.545. The SMILES string of the molecule is COC(C(=O)O)C1(c2ccc(C)s2)CC1. The van der Waals surface area contributed by atoms with Gasteiger partial charge in [-0.05, 0) is 31.9 Å². The molecule has 0 aliphatic heterocycles. The zero-order valence-corrected chi connectivity index (χ0v) is 9.63. The van der Waals surface area contributed by atoms with Gasteiger partial charge in [0.15, 0.2) is 6.10 Å². The van der Waals surface area contributed by atoms with Crippen LogP contribution in [-0.2, 0) is 14.9 Å². The van der Waals surface area contributed by atoms with E-state index in [4.69, 9.17) is 9.84 Å². The second-order valence-electron chi connectivity index (χ2n) is 4.02. The molecule has 1 aliphatic rings. The van der Waals surface area contributed by atoms with Gasteiger partial charge in [-0.3, -0.25) is 0 Å². The van der Waals surface area contributed by atoms with Crippen LogP contribution in [0.15, 0.2) is 12.1 Å². The van der Waals surface area contributed by atoms with E-state index >= 15 is 0 Å². The first kappa shape index (κ1) is 10.6. The summed E-state index contributed by atoms with van der Waals surface area (Å²) in [5.74, 6) is -0.860. The number of carboxylic acid groups (broad SMARTS) is 1. The molecule has 0 radical (unpaired) electrons. The number of hydrogen-bond acceptors (Lipinski definition) is 3. The molecule has 0 bridgehead atoms. The minimum atomic E-state index is -0.860. The van der Waals surface area contributed by atoms with Crippen molar-refractivity contribution < 1.29 is 14.6 Å². The molecule has 1 fully saturated rings. The van der Waals surface area contributed by atoms with Gasteiger partial charge < -0.3 is 9.84 Å². The van der Waals surface area contributed by atoms with Crippen molar-refractivity contribution in [2.45, 2.75) is 31.3 Å². The average Bonchev–Trinajstić information content (AvgIpc) is 2.83. The van der Waals surface area contributed by atoms with Gasteiger partial charge in [0, 0.05) is 22.3 Å². The molecule has 1 unspecified atom stereocenters. The van der Waals surface area contributed by atoms with Crippen LogP contribution in [0.4, 0.5) is 0 Å². The van der Waals surface area contributed by atoms with E-state index in [1.807, 2.05) is 19.1 Å². The molecular weight excluding hydrogens is 212 g/mol. The van der Waals surface area contributed by atoms with Crippen LogP contribution in [0.3, 0.4) is 0 Å². The van der Waals surface area contributed by atoms with Gasteiger partial charge in [0.1, 0.15) is 0 Å². The minimum absolute atomic E-state index is 0.250. The van der Waals surface area contributed by atoms with E-state index in [0.29, 0.717) is 0 Å². The van der Waals surface area contributed by atoms with E-state index < -0.39 is 12.1 Å². The van der Waals surface area contributed by atoms with E-state index in [1.54, 1.807) is 11.3 Å². The van der Waals surface area contributed by atoms with Gasteiger partial charge in [-0.25, -0.2) is 4.79 Å². The quantitative estimate of drug-likeness (QED) is 0.856. The molecule has 1 aliphatic carbocycles. The highest BCUT2D eigenvalue weighted by Crippen LogP contribution is 2.53. The monoisotopic (exact) mass is 226 g/mol. The van der Waals surface area contributed by atoms with Crippen LogP contribution < -0.4 is 0 Å². The van der Waals surface area contributed by atoms with Crippen molar-refractivity contribution in [2.75, 3.05) is 7.11 Å². The molecule has 1 aromatic rings. The molecule has 15 heavy (non-hydrogen) atoms. The van der Waals surface area contributed by atoms with Crippen LogP contribution in [0.5, 0.6) is 0 Å². The number of rotatable bonds is 4. The van der Waals surface area contributed by atoms with Gasteiger partial charge in [-0.15, -0.1) is 11.3 Å². The van der Waals surface area contributed by atoms with Crippen molar-refractivity contribution in [3.8, 4) is 0 Å². The van der Waals surface area contributed by atoms with Gasteiger partial charge >= 0.3 is 5.97 Å². The van der Waals surface area contributed by atoms with Gasteiger partial charge in [0.05, 0.1) is 0 Å². The molecule has 1 heterocycles. The topological polar surface area (TPSA) is 46.5 Å². The Morgan fingerprint density at radius 1 is 1.60 bits per heavy atom. The summed E-state index contributed by atoms with van der Waals surface area (Å²) in [4.78, 5) is 13.4. The van der Waals surface area contributed by atoms with Crippen molar-refractivity contribution in [1.82, 2.24) is 0 Å². The normalized spacial score (nSPS) is 19.9. The predicted octanol–water partition coefficient (Wildman–Crippen LogP) is 2.19. The van der Waals surface area contributed by atoms with Crippen molar-refractivity contribution >= 4 is 17.3 Å². The van der Waals surface area contributed by atoms with Crippen LogP contribution in [0.25, 0.3) is 0 Å². The lowest BCUT2D eigenvalue weighted by atomic mass is 9.97. The second kappa shape index (κ2) is 3.61. The fourth-order valence-electron chi connectivity index (χ4n) is 2.04. The lowest BCUT2D eigenvalue weighted by molar-refractivity contribution is -0.150. The maximum Gasteiger partial charge on any atom is 0.333 e. The Morgan fingerprint density at radius 3 is 2.60 bits per heavy atom. The zero-order valence-electron chi connectivity index (χ0n) is 8.82. The lowest BCUT2D eigenvalue weighted by Crippen LogP contribution is -2.35. The van der Waals surface area contributed by atoms with Crippen LogP contribution in [0.2, 0.25) is 0 Å². The van der Waals surface area contributed by atoms with Crippen LogP contribution in [-0.4, -0.2) is 24.3 Å². The van der Waals surface area contributed by atoms with Crippen molar-refractivity contribution in [2.24, 2.45) is 0 Å². The zero-order chi connectivity index (χ0) is 11.1. The van der Waals surface area contributed by atoms with Crippen molar-refractivity contribution in [1.29, 1.82) is 0 Å². The Bertz CT molecular complexity index is 379. The first-order chi connectivity index (χ1) is 7.10. The smallest absolute Gasteiger partial charge is 0.333 e. The summed E-state index contributed by atoms with van der Waals surface area (Å²) in [6.45, 7) is 2.03. The largest absolute Gasteiger partial charge is 0.479 e. The summed E-state index contributed by atoms with van der Waals surface area (Å²) in [5.41, 5.74) is -0.250. The lowest BCUT2D eigenvalue weighted by Gasteiger charge is -2.20. The van der Waals surface area contributed by atoms with Crippen molar-refractivity contribution in [3.05, 3.63) is 21.9 Å². The van der Waals surface area contributed by atoms with Gasteiger partial charge in [0.25, 0.3) is 0 Å². The number of thiophene rings is 1. The molecule has 3 nitrogen and oxygen atoms in total. The third kappa shape index (κ3) is 1.68. The van der Waals surface area contributed by atoms with E-state index in [9.17, 15) is 4.79 Å². The molecule has 0 aromatic carbocycles. The number of hydrogen-bond donors (Lipinski definition) is 1. The molecule has 1 saturated carbocycles. The number of carboxylic acids is 1. The number of methoxy groups -OCH3 is 1. The summed E-state index contributed by atoms with van der Waals surface area (Å²) in [7, 11) is 1.47. The third-order valence-corrected chi connectivity index (χ3v) is 4.20. The summed E-state index contributed by atoms with van der Waals surface area (Å²) in [6.07, 6.45) is 1.13.